The summed E-state index contributed by atoms with van der Waals surface area (Å²) in [7, 11) is 0. The van der Waals surface area contributed by atoms with Crippen LogP contribution < -0.4 is 5.73 Å². The molecule has 0 aliphatic heterocycles. The van der Waals surface area contributed by atoms with E-state index < -0.39 is 5.82 Å². The Bertz CT molecular complexity index is 559. The molecule has 1 unspecified atom stereocenters. The van der Waals surface area contributed by atoms with Crippen LogP contribution in [0, 0.1) is 5.82 Å². The first-order chi connectivity index (χ1) is 9.10. The lowest BCUT2D eigenvalue weighted by atomic mass is 10.1. The van der Waals surface area contributed by atoms with Crippen molar-refractivity contribution in [3.05, 3.63) is 34.9 Å². The number of benzene rings is 1. The minimum absolute atomic E-state index is 0.00184. The van der Waals surface area contributed by atoms with Crippen LogP contribution in [0.25, 0.3) is 11.4 Å². The molecule has 6 heteroatoms. The highest BCUT2D eigenvalue weighted by atomic mass is 35.5. The minimum Gasteiger partial charge on any atom is -0.339 e. The predicted octanol–water partition coefficient (Wildman–Crippen LogP) is 3.20. The number of hydrogen-bond donors (Lipinski definition) is 1. The van der Waals surface area contributed by atoms with Crippen LogP contribution in [-0.4, -0.2) is 16.2 Å². The van der Waals surface area contributed by atoms with Gasteiger partial charge in [-0.15, -0.1) is 0 Å². The molecule has 1 aromatic carbocycles. The minimum atomic E-state index is -0.401. The Balaban J connectivity index is 2.16. The van der Waals surface area contributed by atoms with E-state index in [1.165, 1.54) is 18.2 Å². The van der Waals surface area contributed by atoms with Gasteiger partial charge in [-0.05, 0) is 24.6 Å². The standard InChI is InChI=1S/C13H15ClFN3O/c1-2-3-9(16)7-12-17-13(18-19-12)10-5-4-8(15)6-11(10)14/h4-6,9H,2-3,7,16H2,1H3. The second-order valence-electron chi connectivity index (χ2n) is 4.39. The molecule has 4 nitrogen and oxygen atoms in total. The SMILES string of the molecule is CCCC(N)Cc1nc(-c2ccc(F)cc2Cl)no1. The number of hydrogen-bond acceptors (Lipinski definition) is 4. The maximum Gasteiger partial charge on any atom is 0.228 e. The Morgan fingerprint density at radius 1 is 1.47 bits per heavy atom. The molecule has 1 aromatic heterocycles. The van der Waals surface area contributed by atoms with E-state index >= 15 is 0 Å². The van der Waals surface area contributed by atoms with Crippen molar-refractivity contribution in [2.45, 2.75) is 32.2 Å². The van der Waals surface area contributed by atoms with Crippen molar-refractivity contribution < 1.29 is 8.91 Å². The molecule has 1 heterocycles. The third kappa shape index (κ3) is 3.52. The summed E-state index contributed by atoms with van der Waals surface area (Å²) >= 11 is 5.94. The summed E-state index contributed by atoms with van der Waals surface area (Å²) in [6.07, 6.45) is 2.43. The van der Waals surface area contributed by atoms with Crippen LogP contribution in [-0.2, 0) is 6.42 Å². The predicted molar refractivity (Wildman–Crippen MR) is 71.3 cm³/mol. The second kappa shape index (κ2) is 6.12. The van der Waals surface area contributed by atoms with Crippen molar-refractivity contribution in [2.75, 3.05) is 0 Å². The fraction of sp³-hybridized carbons (Fsp3) is 0.385. The highest BCUT2D eigenvalue weighted by molar-refractivity contribution is 6.33. The first kappa shape index (κ1) is 14.0. The van der Waals surface area contributed by atoms with Gasteiger partial charge >= 0.3 is 0 Å². The van der Waals surface area contributed by atoms with Gasteiger partial charge in [-0.3, -0.25) is 0 Å². The Labute approximate surface area is 115 Å². The Morgan fingerprint density at radius 3 is 2.95 bits per heavy atom. The zero-order valence-corrected chi connectivity index (χ0v) is 11.3. The Kier molecular flexibility index (Phi) is 4.50. The third-order valence-corrected chi connectivity index (χ3v) is 3.05. The van der Waals surface area contributed by atoms with E-state index in [1.54, 1.807) is 0 Å². The molecular formula is C13H15ClFN3O. The molecule has 0 aliphatic carbocycles. The largest absolute Gasteiger partial charge is 0.339 e. The molecule has 2 aromatic rings. The van der Waals surface area contributed by atoms with Gasteiger partial charge in [0.15, 0.2) is 0 Å². The summed E-state index contributed by atoms with van der Waals surface area (Å²) in [4.78, 5) is 4.23. The van der Waals surface area contributed by atoms with E-state index in [0.717, 1.165) is 12.8 Å². The molecule has 0 spiro atoms. The first-order valence-corrected chi connectivity index (χ1v) is 6.51. The number of rotatable bonds is 5. The van der Waals surface area contributed by atoms with Crippen LogP contribution >= 0.6 is 11.6 Å². The van der Waals surface area contributed by atoms with Crippen LogP contribution in [0.15, 0.2) is 22.7 Å². The highest BCUT2D eigenvalue weighted by Gasteiger charge is 2.14. The molecule has 19 heavy (non-hydrogen) atoms. The van der Waals surface area contributed by atoms with Crippen molar-refractivity contribution >= 4 is 11.6 Å². The molecule has 0 amide bonds. The zero-order valence-electron chi connectivity index (χ0n) is 10.6. The van der Waals surface area contributed by atoms with Crippen molar-refractivity contribution in [1.29, 1.82) is 0 Å². The summed E-state index contributed by atoms with van der Waals surface area (Å²) in [5.41, 5.74) is 6.45. The molecule has 102 valence electrons. The van der Waals surface area contributed by atoms with Crippen molar-refractivity contribution in [3.8, 4) is 11.4 Å². The molecule has 2 N–H and O–H groups in total. The van der Waals surface area contributed by atoms with E-state index in [1.807, 2.05) is 0 Å². The number of halogens is 2. The molecule has 0 saturated carbocycles. The van der Waals surface area contributed by atoms with E-state index in [2.05, 4.69) is 17.1 Å². The summed E-state index contributed by atoms with van der Waals surface area (Å²) in [5, 5.41) is 4.10. The Morgan fingerprint density at radius 2 is 2.26 bits per heavy atom. The average molecular weight is 284 g/mol. The molecule has 0 bridgehead atoms. The summed E-state index contributed by atoms with van der Waals surface area (Å²) < 4.78 is 18.1. The molecule has 0 radical (unpaired) electrons. The fourth-order valence-electron chi connectivity index (χ4n) is 1.82. The van der Waals surface area contributed by atoms with Gasteiger partial charge < -0.3 is 10.3 Å². The van der Waals surface area contributed by atoms with E-state index in [0.29, 0.717) is 23.7 Å². The lowest BCUT2D eigenvalue weighted by molar-refractivity contribution is 0.366. The third-order valence-electron chi connectivity index (χ3n) is 2.74. The maximum absolute atomic E-state index is 13.0. The smallest absolute Gasteiger partial charge is 0.228 e. The lowest BCUT2D eigenvalue weighted by Gasteiger charge is -2.05. The van der Waals surface area contributed by atoms with Crippen LogP contribution in [0.5, 0.6) is 0 Å². The zero-order chi connectivity index (χ0) is 13.8. The van der Waals surface area contributed by atoms with Gasteiger partial charge in [0.1, 0.15) is 5.82 Å². The molecule has 1 atom stereocenters. The van der Waals surface area contributed by atoms with E-state index in [-0.39, 0.29) is 11.1 Å². The number of nitrogens with two attached hydrogens (primary N) is 1. The van der Waals surface area contributed by atoms with Crippen LogP contribution in [0.4, 0.5) is 4.39 Å². The normalized spacial score (nSPS) is 12.6. The van der Waals surface area contributed by atoms with Gasteiger partial charge in [0.2, 0.25) is 11.7 Å². The van der Waals surface area contributed by atoms with Crippen LogP contribution in [0.2, 0.25) is 5.02 Å². The van der Waals surface area contributed by atoms with Gasteiger partial charge in [-0.25, -0.2) is 4.39 Å². The molecule has 2 rings (SSSR count). The topological polar surface area (TPSA) is 64.9 Å². The second-order valence-corrected chi connectivity index (χ2v) is 4.80. The van der Waals surface area contributed by atoms with E-state index in [4.69, 9.17) is 21.9 Å². The molecule has 0 fully saturated rings. The molecule has 0 saturated heterocycles. The molecular weight excluding hydrogens is 269 g/mol. The van der Waals surface area contributed by atoms with Gasteiger partial charge in [0.25, 0.3) is 0 Å². The van der Waals surface area contributed by atoms with Crippen molar-refractivity contribution in [3.63, 3.8) is 0 Å². The maximum atomic E-state index is 13.0. The Hall–Kier alpha value is -1.46. The lowest BCUT2D eigenvalue weighted by Crippen LogP contribution is -2.22. The highest BCUT2D eigenvalue weighted by Crippen LogP contribution is 2.26. The number of aromatic nitrogens is 2. The molecule has 0 aliphatic rings. The monoisotopic (exact) mass is 283 g/mol. The number of nitrogens with zero attached hydrogens (tertiary/aromatic N) is 2. The summed E-state index contributed by atoms with van der Waals surface area (Å²) in [5.74, 6) is 0.419. The van der Waals surface area contributed by atoms with Crippen LogP contribution in [0.3, 0.4) is 0 Å². The van der Waals surface area contributed by atoms with Gasteiger partial charge in [-0.2, -0.15) is 4.98 Å². The average Bonchev–Trinajstić information content (AvgIpc) is 2.77. The van der Waals surface area contributed by atoms with Gasteiger partial charge in [-0.1, -0.05) is 30.1 Å². The van der Waals surface area contributed by atoms with E-state index in [9.17, 15) is 4.39 Å². The van der Waals surface area contributed by atoms with Crippen molar-refractivity contribution in [2.24, 2.45) is 5.73 Å². The first-order valence-electron chi connectivity index (χ1n) is 6.13. The quantitative estimate of drug-likeness (QED) is 0.915. The van der Waals surface area contributed by atoms with Crippen molar-refractivity contribution in [1.82, 2.24) is 10.1 Å². The summed E-state index contributed by atoms with van der Waals surface area (Å²) in [6, 6.07) is 4.05. The van der Waals surface area contributed by atoms with Gasteiger partial charge in [0, 0.05) is 18.0 Å². The fourth-order valence-corrected chi connectivity index (χ4v) is 2.07. The summed E-state index contributed by atoms with van der Waals surface area (Å²) in [6.45, 7) is 2.07. The van der Waals surface area contributed by atoms with Gasteiger partial charge in [0.05, 0.1) is 5.02 Å². The van der Waals surface area contributed by atoms with Crippen LogP contribution in [0.1, 0.15) is 25.7 Å².